The van der Waals surface area contributed by atoms with Crippen molar-refractivity contribution in [2.45, 2.75) is 4.90 Å². The molecule has 0 saturated carbocycles. The number of nitrogens with zero attached hydrogens (tertiary/aromatic N) is 4. The molecular weight excluding hydrogens is 484 g/mol. The number of carbonyl (C=O) groups excluding carboxylic acids is 1. The van der Waals surface area contributed by atoms with E-state index in [1.165, 1.54) is 28.6 Å². The van der Waals surface area contributed by atoms with Gasteiger partial charge in [-0.2, -0.15) is 4.31 Å². The lowest BCUT2D eigenvalue weighted by Crippen LogP contribution is -2.48. The Hall–Kier alpha value is -3.21. The van der Waals surface area contributed by atoms with Crippen molar-refractivity contribution in [2.75, 3.05) is 51.3 Å². The molecule has 1 fully saturated rings. The first-order chi connectivity index (χ1) is 16.9. The summed E-state index contributed by atoms with van der Waals surface area (Å²) in [6.45, 7) is 10.0. The van der Waals surface area contributed by atoms with E-state index >= 15 is 0 Å². The highest BCUT2D eigenvalue weighted by Gasteiger charge is 2.26. The number of benzene rings is 2. The van der Waals surface area contributed by atoms with Crippen molar-refractivity contribution >= 4 is 42.6 Å². The average molecular weight is 513 g/mol. The average Bonchev–Trinajstić information content (AvgIpc) is 3.33. The van der Waals surface area contributed by atoms with Crippen LogP contribution < -0.4 is 9.64 Å². The second-order valence-corrected chi connectivity index (χ2v) is 11.0. The van der Waals surface area contributed by atoms with E-state index in [2.05, 4.69) is 18.1 Å². The molecule has 0 radical (unpaired) electrons. The fraction of sp³-hybridized carbons (Fsp3) is 0.280. The maximum atomic E-state index is 13.1. The van der Waals surface area contributed by atoms with Crippen molar-refractivity contribution in [3.8, 4) is 5.75 Å². The summed E-state index contributed by atoms with van der Waals surface area (Å²) in [4.78, 5) is 21.9. The number of fused-ring (bicyclic) bond motifs is 1. The van der Waals surface area contributed by atoms with Crippen molar-refractivity contribution in [1.82, 2.24) is 14.2 Å². The van der Waals surface area contributed by atoms with E-state index in [4.69, 9.17) is 9.72 Å². The van der Waals surface area contributed by atoms with Crippen LogP contribution in [0, 0.1) is 0 Å². The van der Waals surface area contributed by atoms with Crippen LogP contribution in [0.2, 0.25) is 0 Å². The van der Waals surface area contributed by atoms with E-state index < -0.39 is 10.0 Å². The van der Waals surface area contributed by atoms with E-state index in [0.29, 0.717) is 31.7 Å². The van der Waals surface area contributed by atoms with Gasteiger partial charge in [-0.3, -0.25) is 4.79 Å². The summed E-state index contributed by atoms with van der Waals surface area (Å²) in [5, 5.41) is 0.912. The van der Waals surface area contributed by atoms with E-state index in [0.717, 1.165) is 21.1 Å². The summed E-state index contributed by atoms with van der Waals surface area (Å²) in [6, 6.07) is 12.0. The first-order valence-electron chi connectivity index (χ1n) is 11.2. The van der Waals surface area contributed by atoms with Crippen molar-refractivity contribution in [3.05, 3.63) is 73.3 Å². The molecule has 10 heteroatoms. The Labute approximate surface area is 209 Å². The summed E-state index contributed by atoms with van der Waals surface area (Å²) in [7, 11) is -2.06. The molecule has 184 valence electrons. The predicted molar refractivity (Wildman–Crippen MR) is 140 cm³/mol. The van der Waals surface area contributed by atoms with Gasteiger partial charge in [0.05, 0.1) is 16.7 Å². The lowest BCUT2D eigenvalue weighted by atomic mass is 10.2. The number of anilines is 1. The van der Waals surface area contributed by atoms with Crippen LogP contribution >= 0.6 is 11.3 Å². The van der Waals surface area contributed by atoms with Crippen LogP contribution in [-0.2, 0) is 10.0 Å². The van der Waals surface area contributed by atoms with Crippen LogP contribution in [0.25, 0.3) is 10.2 Å². The number of ether oxygens (including phenoxy) is 1. The highest BCUT2D eigenvalue weighted by atomic mass is 32.2. The maximum absolute atomic E-state index is 13.1. The van der Waals surface area contributed by atoms with Gasteiger partial charge in [0.15, 0.2) is 5.13 Å². The first kappa shape index (κ1) is 24.9. The number of methoxy groups -OCH3 is 1. The summed E-state index contributed by atoms with van der Waals surface area (Å²) in [5.41, 5.74) is 1.31. The molecule has 4 rings (SSSR count). The van der Waals surface area contributed by atoms with E-state index in [1.54, 1.807) is 35.5 Å². The molecule has 1 saturated heterocycles. The smallest absolute Gasteiger partial charge is 0.253 e. The van der Waals surface area contributed by atoms with Crippen LogP contribution in [0.15, 0.2) is 72.7 Å². The molecule has 1 aromatic heterocycles. The zero-order chi connectivity index (χ0) is 25.0. The normalized spacial score (nSPS) is 14.3. The number of hydrogen-bond acceptors (Lipinski definition) is 7. The molecule has 0 N–H and O–H groups in total. The molecule has 35 heavy (non-hydrogen) atoms. The maximum Gasteiger partial charge on any atom is 0.253 e. The quantitative estimate of drug-likeness (QED) is 0.407. The largest absolute Gasteiger partial charge is 0.494 e. The molecule has 0 atom stereocenters. The van der Waals surface area contributed by atoms with Crippen LogP contribution in [-0.4, -0.2) is 74.9 Å². The molecule has 1 amide bonds. The van der Waals surface area contributed by atoms with Crippen molar-refractivity contribution in [2.24, 2.45) is 0 Å². The Morgan fingerprint density at radius 2 is 1.74 bits per heavy atom. The number of amides is 1. The minimum absolute atomic E-state index is 0.117. The van der Waals surface area contributed by atoms with Gasteiger partial charge in [-0.1, -0.05) is 29.6 Å². The minimum atomic E-state index is -3.70. The van der Waals surface area contributed by atoms with E-state index in [1.807, 2.05) is 18.2 Å². The zero-order valence-electron chi connectivity index (χ0n) is 19.6. The van der Waals surface area contributed by atoms with Gasteiger partial charge < -0.3 is 14.5 Å². The van der Waals surface area contributed by atoms with Gasteiger partial charge in [-0.15, -0.1) is 13.2 Å². The van der Waals surface area contributed by atoms with Gasteiger partial charge in [0.1, 0.15) is 11.3 Å². The molecule has 0 unspecified atom stereocenters. The van der Waals surface area contributed by atoms with E-state index in [9.17, 15) is 13.2 Å². The summed E-state index contributed by atoms with van der Waals surface area (Å²) < 4.78 is 33.5. The number of piperazine rings is 1. The number of para-hydroxylation sites is 1. The SMILES string of the molecule is C=CCN(CC=C)S(=O)(=O)c1ccc(C(=O)N2CCN(c3nc4c(OC)cccc4s3)CC2)cc1. The molecule has 1 aliphatic heterocycles. The summed E-state index contributed by atoms with van der Waals surface area (Å²) in [5.74, 6) is 0.634. The number of aromatic nitrogens is 1. The Morgan fingerprint density at radius 1 is 1.09 bits per heavy atom. The number of carbonyl (C=O) groups is 1. The first-order valence-corrected chi connectivity index (χ1v) is 13.4. The van der Waals surface area contributed by atoms with Crippen molar-refractivity contribution < 1.29 is 17.9 Å². The third-order valence-corrected chi connectivity index (χ3v) is 8.76. The topological polar surface area (TPSA) is 83.1 Å². The van der Waals surface area contributed by atoms with Gasteiger partial charge in [-0.25, -0.2) is 13.4 Å². The van der Waals surface area contributed by atoms with Crippen molar-refractivity contribution in [1.29, 1.82) is 0 Å². The number of rotatable bonds is 9. The number of thiazole rings is 1. The minimum Gasteiger partial charge on any atom is -0.494 e. The summed E-state index contributed by atoms with van der Waals surface area (Å²) >= 11 is 1.61. The Morgan fingerprint density at radius 3 is 2.34 bits per heavy atom. The zero-order valence-corrected chi connectivity index (χ0v) is 21.2. The lowest BCUT2D eigenvalue weighted by molar-refractivity contribution is 0.0746. The Kier molecular flexibility index (Phi) is 7.54. The molecule has 8 nitrogen and oxygen atoms in total. The van der Waals surface area contributed by atoms with Crippen LogP contribution in [0.1, 0.15) is 10.4 Å². The number of sulfonamides is 1. The highest BCUT2D eigenvalue weighted by Crippen LogP contribution is 2.34. The molecule has 0 bridgehead atoms. The predicted octanol–water partition coefficient (Wildman–Crippen LogP) is 3.63. The van der Waals surface area contributed by atoms with Gasteiger partial charge in [0, 0.05) is 44.8 Å². The Bertz CT molecular complexity index is 1320. The standard InChI is InChI=1S/C25H28N4O4S2/c1-4-13-29(14-5-2)35(31,32)20-11-9-19(10-12-20)24(30)27-15-17-28(18-16-27)25-26-23-21(33-3)7-6-8-22(23)34-25/h4-12H,1-2,13-18H2,3H3. The monoisotopic (exact) mass is 512 g/mol. The molecule has 1 aliphatic rings. The molecule has 0 aliphatic carbocycles. The van der Waals surface area contributed by atoms with Crippen LogP contribution in [0.4, 0.5) is 5.13 Å². The number of hydrogen-bond donors (Lipinski definition) is 0. The van der Waals surface area contributed by atoms with Crippen LogP contribution in [0.3, 0.4) is 0 Å². The fourth-order valence-corrected chi connectivity index (χ4v) is 6.39. The second-order valence-electron chi connectivity index (χ2n) is 8.01. The fourth-order valence-electron chi connectivity index (χ4n) is 3.97. The highest BCUT2D eigenvalue weighted by molar-refractivity contribution is 7.89. The second kappa shape index (κ2) is 10.6. The van der Waals surface area contributed by atoms with Crippen LogP contribution in [0.5, 0.6) is 5.75 Å². The Balaban J connectivity index is 1.42. The van der Waals surface area contributed by atoms with Gasteiger partial charge >= 0.3 is 0 Å². The lowest BCUT2D eigenvalue weighted by Gasteiger charge is -2.34. The van der Waals surface area contributed by atoms with Crippen molar-refractivity contribution in [3.63, 3.8) is 0 Å². The molecule has 3 aromatic rings. The third kappa shape index (κ3) is 5.09. The van der Waals surface area contributed by atoms with Gasteiger partial charge in [-0.05, 0) is 36.4 Å². The summed E-state index contributed by atoms with van der Waals surface area (Å²) in [6.07, 6.45) is 3.06. The van der Waals surface area contributed by atoms with Gasteiger partial charge in [0.2, 0.25) is 10.0 Å². The van der Waals surface area contributed by atoms with E-state index in [-0.39, 0.29) is 23.9 Å². The molecule has 2 aromatic carbocycles. The molecular formula is C25H28N4O4S2. The third-order valence-electron chi connectivity index (χ3n) is 5.83. The van der Waals surface area contributed by atoms with Gasteiger partial charge in [0.25, 0.3) is 5.91 Å². The molecule has 2 heterocycles. The molecule has 0 spiro atoms.